The maximum absolute atomic E-state index is 13.3. The second-order valence-corrected chi connectivity index (χ2v) is 10.1. The van der Waals surface area contributed by atoms with Crippen molar-refractivity contribution in [1.82, 2.24) is 9.80 Å². The van der Waals surface area contributed by atoms with E-state index in [1.807, 2.05) is 54.4 Å². The number of rotatable bonds is 9. The highest BCUT2D eigenvalue weighted by Gasteiger charge is 2.40. The predicted octanol–water partition coefficient (Wildman–Crippen LogP) is 5.42. The Kier molecular flexibility index (Phi) is 8.79. The predicted molar refractivity (Wildman–Crippen MR) is 132 cm³/mol. The first-order valence-corrected chi connectivity index (χ1v) is 12.1. The van der Waals surface area contributed by atoms with Crippen LogP contribution in [0.5, 0.6) is 5.75 Å². The molecule has 0 aliphatic carbocycles. The van der Waals surface area contributed by atoms with Gasteiger partial charge in [-0.25, -0.2) is 0 Å². The van der Waals surface area contributed by atoms with Crippen molar-refractivity contribution in [1.29, 1.82) is 0 Å². The fraction of sp³-hybridized carbons (Fsp3) is 0.481. The molecule has 0 N–H and O–H groups in total. The third kappa shape index (κ3) is 7.50. The lowest BCUT2D eigenvalue weighted by Crippen LogP contribution is -2.50. The molecule has 0 unspecified atom stereocenters. The Balaban J connectivity index is 1.74. The van der Waals surface area contributed by atoms with Gasteiger partial charge in [0.05, 0.1) is 6.61 Å². The summed E-state index contributed by atoms with van der Waals surface area (Å²) in [5, 5.41) is 0.651. The molecule has 33 heavy (non-hydrogen) atoms. The lowest BCUT2D eigenvalue weighted by molar-refractivity contribution is -0.141. The van der Waals surface area contributed by atoms with E-state index < -0.39 is 5.41 Å². The van der Waals surface area contributed by atoms with Crippen LogP contribution in [0.4, 0.5) is 0 Å². The zero-order chi connectivity index (χ0) is 23.8. The first-order chi connectivity index (χ1) is 15.8. The number of piperidine rings is 1. The minimum Gasteiger partial charge on any atom is -0.493 e. The molecule has 1 aliphatic rings. The van der Waals surface area contributed by atoms with E-state index in [9.17, 15) is 9.59 Å². The summed E-state index contributed by atoms with van der Waals surface area (Å²) in [4.78, 5) is 29.8. The fourth-order valence-corrected chi connectivity index (χ4v) is 4.51. The number of halogens is 1. The highest BCUT2D eigenvalue weighted by molar-refractivity contribution is 6.30. The first kappa shape index (κ1) is 25.1. The minimum absolute atomic E-state index is 0.0664. The average molecular weight is 471 g/mol. The summed E-state index contributed by atoms with van der Waals surface area (Å²) in [6, 6.07) is 17.2. The molecule has 1 fully saturated rings. The molecule has 2 amide bonds. The number of ether oxygens (including phenoxy) is 1. The van der Waals surface area contributed by atoms with Gasteiger partial charge in [0.1, 0.15) is 5.75 Å². The van der Waals surface area contributed by atoms with E-state index in [-0.39, 0.29) is 11.8 Å². The largest absolute Gasteiger partial charge is 0.493 e. The molecule has 3 rings (SSSR count). The van der Waals surface area contributed by atoms with Crippen molar-refractivity contribution in [2.75, 3.05) is 26.7 Å². The Morgan fingerprint density at radius 2 is 1.82 bits per heavy atom. The van der Waals surface area contributed by atoms with Gasteiger partial charge in [0, 0.05) is 50.0 Å². The first-order valence-electron chi connectivity index (χ1n) is 11.7. The van der Waals surface area contributed by atoms with Crippen LogP contribution in [0, 0.1) is 11.3 Å². The van der Waals surface area contributed by atoms with Crippen molar-refractivity contribution in [2.24, 2.45) is 11.3 Å². The number of carbonyl (C=O) groups is 2. The third-order valence-corrected chi connectivity index (χ3v) is 6.42. The van der Waals surface area contributed by atoms with Gasteiger partial charge in [-0.2, -0.15) is 0 Å². The number of likely N-dealkylation sites (tertiary alicyclic amines) is 1. The number of hydrogen-bond donors (Lipinski definition) is 0. The zero-order valence-electron chi connectivity index (χ0n) is 19.9. The smallest absolute Gasteiger partial charge is 0.223 e. The van der Waals surface area contributed by atoms with Crippen molar-refractivity contribution < 1.29 is 14.3 Å². The van der Waals surface area contributed by atoms with E-state index in [1.54, 1.807) is 17.0 Å². The van der Waals surface area contributed by atoms with Crippen LogP contribution >= 0.6 is 11.6 Å². The highest BCUT2D eigenvalue weighted by atomic mass is 35.5. The molecular weight excluding hydrogens is 436 g/mol. The molecular formula is C27H35ClN2O3. The van der Waals surface area contributed by atoms with E-state index in [0.717, 1.165) is 30.7 Å². The fourth-order valence-electron chi connectivity index (χ4n) is 4.38. The summed E-state index contributed by atoms with van der Waals surface area (Å²) in [7, 11) is 1.84. The van der Waals surface area contributed by atoms with E-state index in [0.29, 0.717) is 43.5 Å². The molecule has 2 aromatic carbocycles. The number of amides is 2. The Morgan fingerprint density at radius 1 is 1.12 bits per heavy atom. The zero-order valence-corrected chi connectivity index (χ0v) is 20.7. The maximum Gasteiger partial charge on any atom is 0.223 e. The van der Waals surface area contributed by atoms with Gasteiger partial charge >= 0.3 is 0 Å². The summed E-state index contributed by atoms with van der Waals surface area (Å²) in [6.07, 6.45) is 2.58. The normalized spacial score (nSPS) is 18.3. The molecule has 0 radical (unpaired) electrons. The molecule has 1 atom stereocenters. The van der Waals surface area contributed by atoms with Crippen LogP contribution in [0.25, 0.3) is 0 Å². The highest BCUT2D eigenvalue weighted by Crippen LogP contribution is 2.36. The Hall–Kier alpha value is -2.53. The van der Waals surface area contributed by atoms with E-state index in [2.05, 4.69) is 13.8 Å². The molecule has 1 heterocycles. The SMILES string of the molecule is CC(C)CC(=O)N1CCC[C@](COc2ccc(Cl)cc2)(CC(=O)N(C)Cc2ccccc2)C1. The van der Waals surface area contributed by atoms with E-state index in [1.165, 1.54) is 0 Å². The van der Waals surface area contributed by atoms with E-state index in [4.69, 9.17) is 16.3 Å². The quantitative estimate of drug-likeness (QED) is 0.491. The van der Waals surface area contributed by atoms with Crippen molar-refractivity contribution in [2.45, 2.75) is 46.1 Å². The van der Waals surface area contributed by atoms with Crippen molar-refractivity contribution in [3.63, 3.8) is 0 Å². The van der Waals surface area contributed by atoms with Gasteiger partial charge in [-0.05, 0) is 48.6 Å². The summed E-state index contributed by atoms with van der Waals surface area (Å²) in [6.45, 7) is 6.33. The van der Waals surface area contributed by atoms with Crippen LogP contribution in [-0.2, 0) is 16.1 Å². The molecule has 0 spiro atoms. The number of benzene rings is 2. The molecule has 5 nitrogen and oxygen atoms in total. The van der Waals surface area contributed by atoms with Crippen molar-refractivity contribution in [3.05, 3.63) is 65.2 Å². The summed E-state index contributed by atoms with van der Waals surface area (Å²) < 4.78 is 6.14. The second-order valence-electron chi connectivity index (χ2n) is 9.67. The second kappa shape index (κ2) is 11.6. The number of nitrogens with zero attached hydrogens (tertiary/aromatic N) is 2. The van der Waals surface area contributed by atoms with Crippen LogP contribution < -0.4 is 4.74 Å². The topological polar surface area (TPSA) is 49.9 Å². The monoisotopic (exact) mass is 470 g/mol. The molecule has 178 valence electrons. The molecule has 1 saturated heterocycles. The molecule has 1 aliphatic heterocycles. The van der Waals surface area contributed by atoms with Gasteiger partial charge in [0.15, 0.2) is 0 Å². The molecule has 6 heteroatoms. The van der Waals surface area contributed by atoms with Crippen molar-refractivity contribution >= 4 is 23.4 Å². The van der Waals surface area contributed by atoms with Gasteiger partial charge in [0.2, 0.25) is 11.8 Å². The Labute approximate surface area is 202 Å². The standard InChI is InChI=1S/C27H35ClN2O3/c1-21(2)16-25(31)30-15-7-14-27(19-30,20-33-24-12-10-23(28)11-13-24)17-26(32)29(3)18-22-8-5-4-6-9-22/h4-6,8-13,21H,7,14-20H2,1-3H3/t27-/m0/s1. The molecule has 0 bridgehead atoms. The van der Waals surface area contributed by atoms with Crippen molar-refractivity contribution in [3.8, 4) is 5.75 Å². The van der Waals surface area contributed by atoms with Gasteiger partial charge in [-0.1, -0.05) is 55.8 Å². The lowest BCUT2D eigenvalue weighted by atomic mass is 9.77. The van der Waals surface area contributed by atoms with Gasteiger partial charge < -0.3 is 14.5 Å². The summed E-state index contributed by atoms with van der Waals surface area (Å²) in [5.74, 6) is 1.25. The Bertz CT molecular complexity index is 917. The van der Waals surface area contributed by atoms with Crippen LogP contribution in [0.1, 0.15) is 45.1 Å². The number of hydrogen-bond acceptors (Lipinski definition) is 3. The van der Waals surface area contributed by atoms with Gasteiger partial charge in [-0.15, -0.1) is 0 Å². The van der Waals surface area contributed by atoms with Gasteiger partial charge in [-0.3, -0.25) is 9.59 Å². The molecule has 0 aromatic heterocycles. The van der Waals surface area contributed by atoms with Crippen LogP contribution in [0.15, 0.2) is 54.6 Å². The minimum atomic E-state index is -0.424. The summed E-state index contributed by atoms with van der Waals surface area (Å²) in [5.41, 5.74) is 0.671. The lowest BCUT2D eigenvalue weighted by Gasteiger charge is -2.43. The van der Waals surface area contributed by atoms with Gasteiger partial charge in [0.25, 0.3) is 0 Å². The third-order valence-electron chi connectivity index (χ3n) is 6.17. The summed E-state index contributed by atoms with van der Waals surface area (Å²) >= 11 is 6.00. The number of carbonyl (C=O) groups excluding carboxylic acids is 2. The van der Waals surface area contributed by atoms with Crippen LogP contribution in [-0.4, -0.2) is 48.4 Å². The molecule has 0 saturated carbocycles. The Morgan fingerprint density at radius 3 is 2.48 bits per heavy atom. The van der Waals surface area contributed by atoms with Crippen LogP contribution in [0.3, 0.4) is 0 Å². The van der Waals surface area contributed by atoms with E-state index >= 15 is 0 Å². The maximum atomic E-state index is 13.3. The average Bonchev–Trinajstić information content (AvgIpc) is 2.79. The molecule has 2 aromatic rings. The van der Waals surface area contributed by atoms with Crippen LogP contribution in [0.2, 0.25) is 5.02 Å².